The number of ether oxygens (including phenoxy) is 1. The summed E-state index contributed by atoms with van der Waals surface area (Å²) < 4.78 is 6.62. The molecule has 4 rings (SSSR count). The lowest BCUT2D eigenvalue weighted by Gasteiger charge is -2.39. The monoisotopic (exact) mass is 517 g/mol. The number of fused-ring (bicyclic) bond motifs is 1. The van der Waals surface area contributed by atoms with Crippen molar-refractivity contribution in [2.24, 2.45) is 0 Å². The molecule has 9 nitrogen and oxygen atoms in total. The smallest absolute Gasteiger partial charge is 0.279 e. The molecule has 0 saturated heterocycles. The van der Waals surface area contributed by atoms with Crippen LogP contribution in [0, 0.1) is 27.2 Å². The lowest BCUT2D eigenvalue weighted by Crippen LogP contribution is -2.47. The quantitative estimate of drug-likeness (QED) is 0.252. The number of nitro groups is 2. The van der Waals surface area contributed by atoms with Crippen LogP contribution in [0.25, 0.3) is 0 Å². The minimum atomic E-state index is -1.31. The minimum Gasteiger partial charge on any atom is -0.342 e. The first kappa shape index (κ1) is 26.9. The summed E-state index contributed by atoms with van der Waals surface area (Å²) in [6.45, 7) is 9.88. The molecular formula is C29H31N3O6. The maximum atomic E-state index is 13.6. The lowest BCUT2D eigenvalue weighted by molar-refractivity contribution is -0.395. The summed E-state index contributed by atoms with van der Waals surface area (Å²) in [6.07, 6.45) is 0.673. The Morgan fingerprint density at radius 2 is 1.53 bits per heavy atom. The molecule has 1 aliphatic heterocycles. The largest absolute Gasteiger partial charge is 0.342 e. The molecule has 0 spiro atoms. The van der Waals surface area contributed by atoms with Gasteiger partial charge in [-0.25, -0.2) is 0 Å². The first-order valence-corrected chi connectivity index (χ1v) is 12.5. The number of nitro benzene ring substituents is 2. The third kappa shape index (κ3) is 4.54. The molecule has 0 aromatic heterocycles. The van der Waals surface area contributed by atoms with Crippen LogP contribution in [-0.4, -0.2) is 27.2 Å². The van der Waals surface area contributed by atoms with Crippen molar-refractivity contribution in [3.05, 3.63) is 114 Å². The van der Waals surface area contributed by atoms with E-state index in [9.17, 15) is 25.0 Å². The molecule has 0 aliphatic carbocycles. The van der Waals surface area contributed by atoms with Crippen LogP contribution in [0.5, 0.6) is 0 Å². The molecule has 0 radical (unpaired) electrons. The highest BCUT2D eigenvalue weighted by molar-refractivity contribution is 6.00. The molecule has 38 heavy (non-hydrogen) atoms. The fourth-order valence-electron chi connectivity index (χ4n) is 5.02. The first-order chi connectivity index (χ1) is 17.9. The Bertz CT molecular complexity index is 1380. The normalized spacial score (nSPS) is 17.0. The highest BCUT2D eigenvalue weighted by Crippen LogP contribution is 2.46. The van der Waals surface area contributed by atoms with E-state index in [1.165, 1.54) is 19.1 Å². The van der Waals surface area contributed by atoms with Gasteiger partial charge in [0, 0.05) is 35.4 Å². The second kappa shape index (κ2) is 9.98. The van der Waals surface area contributed by atoms with Crippen molar-refractivity contribution < 1.29 is 19.4 Å². The molecule has 0 saturated carbocycles. The number of hydrogen-bond donors (Lipinski definition) is 0. The van der Waals surface area contributed by atoms with E-state index in [-0.39, 0.29) is 40.4 Å². The number of benzene rings is 3. The first-order valence-electron chi connectivity index (χ1n) is 12.5. The predicted octanol–water partition coefficient (Wildman–Crippen LogP) is 6.39. The molecular weight excluding hydrogens is 486 g/mol. The van der Waals surface area contributed by atoms with Gasteiger partial charge in [-0.05, 0) is 36.0 Å². The van der Waals surface area contributed by atoms with Crippen LogP contribution in [0.3, 0.4) is 0 Å². The van der Waals surface area contributed by atoms with Gasteiger partial charge in [-0.1, -0.05) is 70.2 Å². The Balaban J connectivity index is 1.89. The van der Waals surface area contributed by atoms with Gasteiger partial charge in [-0.2, -0.15) is 0 Å². The van der Waals surface area contributed by atoms with Gasteiger partial charge in [-0.3, -0.25) is 25.0 Å². The summed E-state index contributed by atoms with van der Waals surface area (Å²) in [4.78, 5) is 37.3. The van der Waals surface area contributed by atoms with Gasteiger partial charge in [0.1, 0.15) is 5.56 Å². The summed E-state index contributed by atoms with van der Waals surface area (Å²) in [6, 6.07) is 17.7. The molecule has 1 aliphatic rings. The SMILES string of the molecule is CCCN1C(=O)c2ccccc2C1(OCc1cc([N+](=O)[O-])c(C)c([N+](=O)[O-])c1)c1ccc(C(C)(C)C)cc1. The number of nitrogens with zero attached hydrogens (tertiary/aromatic N) is 3. The van der Waals surface area contributed by atoms with E-state index in [4.69, 9.17) is 4.74 Å². The van der Waals surface area contributed by atoms with Crippen molar-refractivity contribution >= 4 is 17.3 Å². The third-order valence-corrected chi connectivity index (χ3v) is 6.99. The molecule has 3 aromatic rings. The number of carbonyl (C=O) groups is 1. The van der Waals surface area contributed by atoms with E-state index >= 15 is 0 Å². The average Bonchev–Trinajstić information content (AvgIpc) is 3.11. The van der Waals surface area contributed by atoms with Crippen molar-refractivity contribution in [2.45, 2.75) is 58.8 Å². The second-order valence-corrected chi connectivity index (χ2v) is 10.5. The van der Waals surface area contributed by atoms with E-state index in [1.54, 1.807) is 17.0 Å². The van der Waals surface area contributed by atoms with Crippen LogP contribution < -0.4 is 0 Å². The summed E-state index contributed by atoms with van der Waals surface area (Å²) >= 11 is 0. The molecule has 0 N–H and O–H groups in total. The summed E-state index contributed by atoms with van der Waals surface area (Å²) in [5.74, 6) is -0.178. The number of rotatable bonds is 8. The molecule has 1 unspecified atom stereocenters. The van der Waals surface area contributed by atoms with Gasteiger partial charge in [-0.15, -0.1) is 0 Å². The number of carbonyl (C=O) groups excluding carboxylic acids is 1. The van der Waals surface area contributed by atoms with Crippen LogP contribution >= 0.6 is 0 Å². The van der Waals surface area contributed by atoms with E-state index < -0.39 is 15.6 Å². The topological polar surface area (TPSA) is 116 Å². The van der Waals surface area contributed by atoms with Crippen LogP contribution in [0.15, 0.2) is 60.7 Å². The summed E-state index contributed by atoms with van der Waals surface area (Å²) in [7, 11) is 0. The molecule has 1 heterocycles. The van der Waals surface area contributed by atoms with Crippen LogP contribution in [0.2, 0.25) is 0 Å². The predicted molar refractivity (Wildman–Crippen MR) is 143 cm³/mol. The molecule has 1 amide bonds. The highest BCUT2D eigenvalue weighted by atomic mass is 16.6. The third-order valence-electron chi connectivity index (χ3n) is 6.99. The van der Waals surface area contributed by atoms with Crippen LogP contribution in [-0.2, 0) is 22.5 Å². The zero-order chi connectivity index (χ0) is 27.8. The zero-order valence-corrected chi connectivity index (χ0v) is 22.2. The van der Waals surface area contributed by atoms with Gasteiger partial charge < -0.3 is 9.64 Å². The van der Waals surface area contributed by atoms with Crippen molar-refractivity contribution in [3.63, 3.8) is 0 Å². The maximum Gasteiger partial charge on any atom is 0.279 e. The van der Waals surface area contributed by atoms with E-state index in [0.29, 0.717) is 24.1 Å². The average molecular weight is 518 g/mol. The molecule has 9 heteroatoms. The highest BCUT2D eigenvalue weighted by Gasteiger charge is 2.52. The molecule has 0 fully saturated rings. The molecule has 0 bridgehead atoms. The number of amides is 1. The Labute approximate surface area is 221 Å². The van der Waals surface area contributed by atoms with Gasteiger partial charge in [0.15, 0.2) is 5.72 Å². The Hall–Kier alpha value is -4.11. The van der Waals surface area contributed by atoms with Crippen LogP contribution in [0.4, 0.5) is 11.4 Å². The van der Waals surface area contributed by atoms with Crippen molar-refractivity contribution in [1.82, 2.24) is 4.90 Å². The van der Waals surface area contributed by atoms with Crippen molar-refractivity contribution in [2.75, 3.05) is 6.54 Å². The Morgan fingerprint density at radius 1 is 0.947 bits per heavy atom. The van der Waals surface area contributed by atoms with Crippen molar-refractivity contribution in [3.8, 4) is 0 Å². The van der Waals surface area contributed by atoms with Gasteiger partial charge in [0.2, 0.25) is 0 Å². The lowest BCUT2D eigenvalue weighted by atomic mass is 9.85. The fraction of sp³-hybridized carbons (Fsp3) is 0.345. The maximum absolute atomic E-state index is 13.6. The minimum absolute atomic E-state index is 0.0229. The standard InChI is InChI=1S/C29H31N3O6/c1-6-15-30-27(33)23-9-7-8-10-24(23)29(30,22-13-11-21(12-14-22)28(3,4)5)38-18-20-16-25(31(34)35)19(2)26(17-20)32(36)37/h7-14,16-17H,6,15,18H2,1-5H3. The van der Waals surface area contributed by atoms with Gasteiger partial charge in [0.05, 0.1) is 16.5 Å². The summed E-state index contributed by atoms with van der Waals surface area (Å²) in [5.41, 5.74) is 1.17. The van der Waals surface area contributed by atoms with Crippen molar-refractivity contribution in [1.29, 1.82) is 0 Å². The van der Waals surface area contributed by atoms with Gasteiger partial charge >= 0.3 is 0 Å². The van der Waals surface area contributed by atoms with Gasteiger partial charge in [0.25, 0.3) is 17.3 Å². The van der Waals surface area contributed by atoms with Crippen LogP contribution in [0.1, 0.15) is 72.3 Å². The van der Waals surface area contributed by atoms with E-state index in [0.717, 1.165) is 11.1 Å². The second-order valence-electron chi connectivity index (χ2n) is 10.5. The van der Waals surface area contributed by atoms with E-state index in [2.05, 4.69) is 20.8 Å². The summed E-state index contributed by atoms with van der Waals surface area (Å²) in [5, 5.41) is 23.3. The fourth-order valence-corrected chi connectivity index (χ4v) is 5.02. The Morgan fingerprint density at radius 3 is 2.05 bits per heavy atom. The zero-order valence-electron chi connectivity index (χ0n) is 22.2. The molecule has 198 valence electrons. The van der Waals surface area contributed by atoms with E-state index in [1.807, 2.05) is 43.3 Å². The number of hydrogen-bond acceptors (Lipinski definition) is 6. The molecule has 1 atom stereocenters. The molecule has 3 aromatic carbocycles. The Kier molecular flexibility index (Phi) is 7.08.